The van der Waals surface area contributed by atoms with Crippen molar-refractivity contribution in [2.45, 2.75) is 13.5 Å². The van der Waals surface area contributed by atoms with Crippen LogP contribution < -0.4 is 4.74 Å². The summed E-state index contributed by atoms with van der Waals surface area (Å²) in [6.07, 6.45) is 0. The quantitative estimate of drug-likeness (QED) is 0.769. The van der Waals surface area contributed by atoms with Crippen LogP contribution >= 0.6 is 0 Å². The molecule has 0 heterocycles. The molecule has 0 aromatic heterocycles. The zero-order valence-corrected chi connectivity index (χ0v) is 11.6. The minimum absolute atomic E-state index is 0.0707. The van der Waals surface area contributed by atoms with Crippen LogP contribution in [0.2, 0.25) is 0 Å². The highest BCUT2D eigenvalue weighted by molar-refractivity contribution is 5.72. The second-order valence-electron chi connectivity index (χ2n) is 4.67. The Bertz CT molecular complexity index is 374. The van der Waals surface area contributed by atoms with Gasteiger partial charge in [-0.05, 0) is 31.8 Å². The van der Waals surface area contributed by atoms with Crippen LogP contribution in [0.25, 0.3) is 0 Å². The molecule has 0 bridgehead atoms. The Morgan fingerprint density at radius 1 is 1.17 bits per heavy atom. The summed E-state index contributed by atoms with van der Waals surface area (Å²) in [7, 11) is 5.83. The van der Waals surface area contributed by atoms with Crippen LogP contribution in [-0.2, 0) is 11.3 Å². The van der Waals surface area contributed by atoms with Gasteiger partial charge in [0.15, 0.2) is 0 Å². The van der Waals surface area contributed by atoms with Gasteiger partial charge in [0.1, 0.15) is 12.4 Å². The second kappa shape index (κ2) is 7.01. The molecule has 18 heavy (non-hydrogen) atoms. The van der Waals surface area contributed by atoms with Crippen molar-refractivity contribution >= 4 is 5.91 Å². The fourth-order valence-electron chi connectivity index (χ4n) is 1.42. The zero-order chi connectivity index (χ0) is 13.5. The largest absolute Gasteiger partial charge is 0.492 e. The van der Waals surface area contributed by atoms with Crippen molar-refractivity contribution in [2.24, 2.45) is 0 Å². The third-order valence-electron chi connectivity index (χ3n) is 2.69. The Kier molecular flexibility index (Phi) is 5.65. The van der Waals surface area contributed by atoms with Crippen LogP contribution in [0.1, 0.15) is 12.5 Å². The lowest BCUT2D eigenvalue weighted by atomic mass is 10.2. The monoisotopic (exact) mass is 250 g/mol. The maximum absolute atomic E-state index is 11.1. The summed E-state index contributed by atoms with van der Waals surface area (Å²) in [5.41, 5.74) is 1.10. The number of ether oxygens (including phenoxy) is 1. The van der Waals surface area contributed by atoms with Gasteiger partial charge < -0.3 is 14.5 Å². The van der Waals surface area contributed by atoms with Crippen LogP contribution in [0.3, 0.4) is 0 Å². The Morgan fingerprint density at radius 3 is 2.28 bits per heavy atom. The van der Waals surface area contributed by atoms with Crippen molar-refractivity contribution in [3.05, 3.63) is 29.8 Å². The number of carbonyl (C=O) groups is 1. The number of rotatable bonds is 6. The highest BCUT2D eigenvalue weighted by atomic mass is 16.5. The number of hydrogen-bond acceptors (Lipinski definition) is 3. The molecule has 0 aliphatic heterocycles. The van der Waals surface area contributed by atoms with Gasteiger partial charge in [0.25, 0.3) is 0 Å². The van der Waals surface area contributed by atoms with Gasteiger partial charge in [-0.25, -0.2) is 0 Å². The minimum atomic E-state index is 0.0707. The molecule has 0 atom stereocenters. The minimum Gasteiger partial charge on any atom is -0.492 e. The van der Waals surface area contributed by atoms with Crippen molar-refractivity contribution < 1.29 is 9.53 Å². The summed E-state index contributed by atoms with van der Waals surface area (Å²) in [6.45, 7) is 3.78. The Morgan fingerprint density at radius 2 is 1.78 bits per heavy atom. The van der Waals surface area contributed by atoms with Gasteiger partial charge in [-0.3, -0.25) is 4.79 Å². The van der Waals surface area contributed by atoms with Crippen LogP contribution in [0.4, 0.5) is 0 Å². The highest BCUT2D eigenvalue weighted by Crippen LogP contribution is 2.13. The molecule has 0 aliphatic rings. The standard InChI is InChI=1S/C14H22N2O2/c1-12(17)16(4)11-13-5-7-14(8-6-13)18-10-9-15(2)3/h5-8H,9-11H2,1-4H3. The topological polar surface area (TPSA) is 32.8 Å². The van der Waals surface area contributed by atoms with Gasteiger partial charge in [-0.15, -0.1) is 0 Å². The molecule has 0 radical (unpaired) electrons. The molecule has 0 saturated heterocycles. The maximum atomic E-state index is 11.1. The third-order valence-corrected chi connectivity index (χ3v) is 2.69. The number of carbonyl (C=O) groups excluding carboxylic acids is 1. The van der Waals surface area contributed by atoms with E-state index in [4.69, 9.17) is 4.74 Å². The summed E-state index contributed by atoms with van der Waals surface area (Å²) in [5.74, 6) is 0.937. The molecule has 0 N–H and O–H groups in total. The van der Waals surface area contributed by atoms with E-state index in [0.717, 1.165) is 17.9 Å². The number of nitrogens with zero attached hydrogens (tertiary/aromatic N) is 2. The molecule has 4 heteroatoms. The molecule has 0 unspecified atom stereocenters. The molecule has 0 spiro atoms. The first-order valence-electron chi connectivity index (χ1n) is 6.07. The Labute approximate surface area is 109 Å². The summed E-state index contributed by atoms with van der Waals surface area (Å²) in [4.78, 5) is 14.9. The molecule has 1 amide bonds. The van der Waals surface area contributed by atoms with Crippen molar-refractivity contribution in [3.63, 3.8) is 0 Å². The lowest BCUT2D eigenvalue weighted by Gasteiger charge is -2.15. The molecule has 1 aromatic rings. The van der Waals surface area contributed by atoms with E-state index in [2.05, 4.69) is 4.90 Å². The van der Waals surface area contributed by atoms with E-state index in [-0.39, 0.29) is 5.91 Å². The van der Waals surface area contributed by atoms with Crippen LogP contribution in [0.15, 0.2) is 24.3 Å². The van der Waals surface area contributed by atoms with Crippen LogP contribution in [0.5, 0.6) is 5.75 Å². The SMILES string of the molecule is CC(=O)N(C)Cc1ccc(OCCN(C)C)cc1. The van der Waals surface area contributed by atoms with Gasteiger partial charge in [0.05, 0.1) is 0 Å². The van der Waals surface area contributed by atoms with Crippen molar-refractivity contribution in [2.75, 3.05) is 34.3 Å². The van der Waals surface area contributed by atoms with E-state index < -0.39 is 0 Å². The molecular weight excluding hydrogens is 228 g/mol. The molecule has 100 valence electrons. The highest BCUT2D eigenvalue weighted by Gasteiger charge is 2.03. The van der Waals surface area contributed by atoms with E-state index in [1.807, 2.05) is 38.4 Å². The Hall–Kier alpha value is -1.55. The van der Waals surface area contributed by atoms with E-state index >= 15 is 0 Å². The van der Waals surface area contributed by atoms with E-state index in [9.17, 15) is 4.79 Å². The molecule has 0 aliphatic carbocycles. The number of amides is 1. The van der Waals surface area contributed by atoms with E-state index in [1.54, 1.807) is 18.9 Å². The average molecular weight is 250 g/mol. The van der Waals surface area contributed by atoms with Gasteiger partial charge in [0, 0.05) is 27.1 Å². The number of benzene rings is 1. The maximum Gasteiger partial charge on any atom is 0.219 e. The number of hydrogen-bond donors (Lipinski definition) is 0. The van der Waals surface area contributed by atoms with Crippen molar-refractivity contribution in [3.8, 4) is 5.75 Å². The first kappa shape index (κ1) is 14.5. The molecular formula is C14H22N2O2. The first-order chi connectivity index (χ1) is 8.49. The lowest BCUT2D eigenvalue weighted by molar-refractivity contribution is -0.128. The summed E-state index contributed by atoms with van der Waals surface area (Å²) >= 11 is 0. The second-order valence-corrected chi connectivity index (χ2v) is 4.67. The summed E-state index contributed by atoms with van der Waals surface area (Å²) in [5, 5.41) is 0. The van der Waals surface area contributed by atoms with Gasteiger partial charge in [-0.1, -0.05) is 12.1 Å². The predicted octanol–water partition coefficient (Wildman–Crippen LogP) is 1.61. The lowest BCUT2D eigenvalue weighted by Crippen LogP contribution is -2.22. The van der Waals surface area contributed by atoms with Crippen LogP contribution in [0, 0.1) is 0 Å². The van der Waals surface area contributed by atoms with Crippen molar-refractivity contribution in [1.29, 1.82) is 0 Å². The van der Waals surface area contributed by atoms with Gasteiger partial charge in [0.2, 0.25) is 5.91 Å². The molecule has 1 aromatic carbocycles. The van der Waals surface area contributed by atoms with Crippen molar-refractivity contribution in [1.82, 2.24) is 9.80 Å². The van der Waals surface area contributed by atoms with Gasteiger partial charge in [-0.2, -0.15) is 0 Å². The predicted molar refractivity (Wildman–Crippen MR) is 72.6 cm³/mol. The van der Waals surface area contributed by atoms with E-state index in [0.29, 0.717) is 13.2 Å². The molecule has 0 fully saturated rings. The fraction of sp³-hybridized carbons (Fsp3) is 0.500. The number of likely N-dealkylation sites (N-methyl/N-ethyl adjacent to an activating group) is 1. The average Bonchev–Trinajstić information content (AvgIpc) is 2.30. The summed E-state index contributed by atoms with van der Waals surface area (Å²) in [6, 6.07) is 7.87. The summed E-state index contributed by atoms with van der Waals surface area (Å²) < 4.78 is 5.60. The molecule has 1 rings (SSSR count). The first-order valence-corrected chi connectivity index (χ1v) is 6.07. The normalized spacial score (nSPS) is 10.5. The van der Waals surface area contributed by atoms with E-state index in [1.165, 1.54) is 0 Å². The van der Waals surface area contributed by atoms with Crippen LogP contribution in [-0.4, -0.2) is 50.0 Å². The Balaban J connectivity index is 2.44. The zero-order valence-electron chi connectivity index (χ0n) is 11.6. The fourth-order valence-corrected chi connectivity index (χ4v) is 1.42. The smallest absolute Gasteiger partial charge is 0.219 e. The molecule has 4 nitrogen and oxygen atoms in total. The van der Waals surface area contributed by atoms with Gasteiger partial charge >= 0.3 is 0 Å². The third kappa shape index (κ3) is 5.19. The molecule has 0 saturated carbocycles.